The highest BCUT2D eigenvalue weighted by Gasteiger charge is 2.31. The monoisotopic (exact) mass is 628 g/mol. The van der Waals surface area contributed by atoms with Crippen molar-refractivity contribution in [1.82, 2.24) is 4.57 Å². The second-order valence-corrected chi connectivity index (χ2v) is 12.6. The minimum absolute atomic E-state index is 0.0676. The Morgan fingerprint density at radius 2 is 1.90 bits per heavy atom. The van der Waals surface area contributed by atoms with Crippen LogP contribution in [0, 0.1) is 0 Å². The first-order chi connectivity index (χ1) is 18.6. The third-order valence-corrected chi connectivity index (χ3v) is 10.1. The van der Waals surface area contributed by atoms with Gasteiger partial charge in [0.05, 0.1) is 17.1 Å². The molecule has 0 unspecified atom stereocenters. The van der Waals surface area contributed by atoms with Gasteiger partial charge in [-0.05, 0) is 43.0 Å². The van der Waals surface area contributed by atoms with E-state index in [9.17, 15) is 18.0 Å². The molecule has 1 aliphatic heterocycles. The van der Waals surface area contributed by atoms with Crippen LogP contribution in [-0.4, -0.2) is 17.1 Å². The number of hydrogen-bond acceptors (Lipinski definition) is 6. The molecule has 206 valence electrons. The van der Waals surface area contributed by atoms with E-state index >= 15 is 0 Å². The molecule has 4 nitrogen and oxygen atoms in total. The summed E-state index contributed by atoms with van der Waals surface area (Å²) in [7, 11) is 1.94. The number of anilines is 1. The van der Waals surface area contributed by atoms with Crippen LogP contribution in [0.1, 0.15) is 31.3 Å². The van der Waals surface area contributed by atoms with Crippen molar-refractivity contribution in [2.75, 3.05) is 11.9 Å². The Morgan fingerprint density at radius 1 is 1.15 bits per heavy atom. The fraction of sp³-hybridized carbons (Fsp3) is 0.259. The highest BCUT2D eigenvalue weighted by atomic mass is 35.5. The fourth-order valence-corrected chi connectivity index (χ4v) is 8.26. The van der Waals surface area contributed by atoms with E-state index < -0.39 is 5.51 Å². The molecule has 0 spiro atoms. The molecule has 0 aliphatic carbocycles. The molecule has 0 saturated heterocycles. The summed E-state index contributed by atoms with van der Waals surface area (Å²) in [5, 5.41) is 4.23. The topological polar surface area (TPSA) is 29.1 Å². The number of hydrogen-bond donors (Lipinski definition) is 0. The van der Waals surface area contributed by atoms with E-state index in [1.807, 2.05) is 73.1 Å². The summed E-state index contributed by atoms with van der Waals surface area (Å²) in [5.74, 6) is 0. The van der Waals surface area contributed by atoms with Gasteiger partial charge in [-0.1, -0.05) is 66.7 Å². The molecule has 1 aliphatic rings. The number of aromatic nitrogens is 2. The van der Waals surface area contributed by atoms with Crippen LogP contribution in [0.2, 0.25) is 5.02 Å². The van der Waals surface area contributed by atoms with Crippen molar-refractivity contribution < 1.29 is 17.7 Å². The fourth-order valence-electron chi connectivity index (χ4n) is 4.01. The molecule has 0 fully saturated rings. The van der Waals surface area contributed by atoms with Gasteiger partial charge in [-0.3, -0.25) is 9.36 Å². The minimum Gasteiger partial charge on any atom is -0.337 e. The second kappa shape index (κ2) is 12.6. The molecular weight excluding hydrogens is 603 g/mol. The normalized spacial score (nSPS) is 14.9. The molecule has 0 N–H and O–H groups in total. The Morgan fingerprint density at radius 3 is 2.62 bits per heavy atom. The Bertz CT molecular complexity index is 1660. The van der Waals surface area contributed by atoms with Crippen LogP contribution in [-0.2, 0) is 13.1 Å². The first-order valence-electron chi connectivity index (χ1n) is 12.1. The third kappa shape index (κ3) is 6.59. The number of fused-ring (bicyclic) bond motifs is 1. The number of halogens is 4. The number of thiazole rings is 2. The van der Waals surface area contributed by atoms with E-state index in [0.717, 1.165) is 25.3 Å². The molecule has 0 atom stereocenters. The predicted octanol–water partition coefficient (Wildman–Crippen LogP) is 6.76. The van der Waals surface area contributed by atoms with Crippen LogP contribution >= 0.6 is 57.8 Å². The number of rotatable bonds is 5. The lowest BCUT2D eigenvalue weighted by molar-refractivity contribution is -0.685. The van der Waals surface area contributed by atoms with E-state index in [4.69, 9.17) is 11.6 Å². The van der Waals surface area contributed by atoms with Gasteiger partial charge in [0.1, 0.15) is 14.2 Å². The molecule has 12 heteroatoms. The molecule has 0 amide bonds. The van der Waals surface area contributed by atoms with Gasteiger partial charge in [0.25, 0.3) is 10.6 Å². The quantitative estimate of drug-likeness (QED) is 0.181. The minimum atomic E-state index is -4.36. The highest BCUT2D eigenvalue weighted by Crippen LogP contribution is 2.46. The molecule has 39 heavy (non-hydrogen) atoms. The summed E-state index contributed by atoms with van der Waals surface area (Å²) in [6.45, 7) is 6.71. The van der Waals surface area contributed by atoms with Crippen molar-refractivity contribution >= 4 is 74.6 Å². The molecule has 2 aromatic carbocycles. The average molecular weight is 629 g/mol. The zero-order valence-corrected chi connectivity index (χ0v) is 25.6. The standard InChI is InChI=1S/C25H20ClF3N3OS4.C2H6/c1-3-32-21(36-22(23(32)33)24-30(2)17-9-8-16(26)12-19(17)35-24)13-20-31(10-11-34-20)14-15-6-4-5-7-18(15)37-25(27,28)29;1-2/h4-13H,3,14H2,1-2H3;1-2H3/q+1;/b24-22+;. The maximum Gasteiger partial charge on any atom is 0.446 e. The van der Waals surface area contributed by atoms with Crippen molar-refractivity contribution in [3.05, 3.63) is 89.2 Å². The van der Waals surface area contributed by atoms with E-state index in [1.54, 1.807) is 22.8 Å². The van der Waals surface area contributed by atoms with Crippen LogP contribution in [0.3, 0.4) is 0 Å². The molecular formula is C27H26ClF3N3OS4+. The van der Waals surface area contributed by atoms with Gasteiger partial charge < -0.3 is 4.90 Å². The summed E-state index contributed by atoms with van der Waals surface area (Å²) in [4.78, 5) is 16.6. The Labute approximate surface area is 246 Å². The summed E-state index contributed by atoms with van der Waals surface area (Å²) < 4.78 is 44.2. The van der Waals surface area contributed by atoms with Crippen LogP contribution in [0.15, 0.2) is 68.6 Å². The molecule has 0 saturated carbocycles. The first kappa shape index (κ1) is 29.8. The molecule has 0 radical (unpaired) electrons. The lowest BCUT2D eigenvalue weighted by Crippen LogP contribution is -2.36. The Balaban J connectivity index is 0.00000172. The number of thioether (sulfide) groups is 2. The van der Waals surface area contributed by atoms with Crippen LogP contribution < -0.4 is 24.2 Å². The summed E-state index contributed by atoms with van der Waals surface area (Å²) in [6, 6.07) is 12.2. The smallest absolute Gasteiger partial charge is 0.337 e. The van der Waals surface area contributed by atoms with Crippen molar-refractivity contribution in [2.45, 2.75) is 49.2 Å². The van der Waals surface area contributed by atoms with Crippen LogP contribution in [0.25, 0.3) is 11.1 Å². The molecule has 2 aromatic heterocycles. The maximum absolute atomic E-state index is 13.4. The van der Waals surface area contributed by atoms with Crippen molar-refractivity contribution in [2.24, 2.45) is 0 Å². The van der Waals surface area contributed by atoms with Gasteiger partial charge in [-0.25, -0.2) is 0 Å². The van der Waals surface area contributed by atoms with Crippen molar-refractivity contribution in [3.8, 4) is 0 Å². The lowest BCUT2D eigenvalue weighted by atomic mass is 10.2. The van der Waals surface area contributed by atoms with Gasteiger partial charge in [-0.2, -0.15) is 17.7 Å². The lowest BCUT2D eigenvalue weighted by Gasteiger charge is -2.12. The van der Waals surface area contributed by atoms with E-state index in [2.05, 4.69) is 0 Å². The van der Waals surface area contributed by atoms with E-state index in [0.29, 0.717) is 21.7 Å². The zero-order valence-electron chi connectivity index (χ0n) is 21.6. The molecule has 5 rings (SSSR count). The predicted molar refractivity (Wildman–Crippen MR) is 160 cm³/mol. The average Bonchev–Trinajstić information content (AvgIpc) is 3.56. The number of benzene rings is 2. The second-order valence-electron chi connectivity index (χ2n) is 8.07. The first-order valence-corrected chi connectivity index (χ1v) is 15.8. The van der Waals surface area contributed by atoms with E-state index in [1.165, 1.54) is 40.5 Å². The number of nitrogens with zero attached hydrogens (tertiary/aromatic N) is 3. The number of alkyl halides is 3. The SMILES string of the molecule is CC.CCn1c(=O)/c(=C2\Sc3cc(Cl)ccc3N2C)s/c1=C\c1scc[n+]1Cc1ccccc1SC(F)(F)F. The highest BCUT2D eigenvalue weighted by molar-refractivity contribution is 8.08. The zero-order chi connectivity index (χ0) is 28.3. The van der Waals surface area contributed by atoms with Gasteiger partial charge in [0.15, 0.2) is 12.7 Å². The van der Waals surface area contributed by atoms with Gasteiger partial charge >= 0.3 is 5.51 Å². The maximum atomic E-state index is 13.4. The Kier molecular flexibility index (Phi) is 9.59. The molecule has 4 aromatic rings. The van der Waals surface area contributed by atoms with Crippen LogP contribution in [0.5, 0.6) is 0 Å². The van der Waals surface area contributed by atoms with Gasteiger partial charge in [0.2, 0.25) is 0 Å². The molecule has 3 heterocycles. The van der Waals surface area contributed by atoms with Crippen molar-refractivity contribution in [3.63, 3.8) is 0 Å². The third-order valence-electron chi connectivity index (χ3n) is 5.72. The van der Waals surface area contributed by atoms with E-state index in [-0.39, 0.29) is 28.8 Å². The summed E-state index contributed by atoms with van der Waals surface area (Å²) in [6.07, 6.45) is 3.79. The summed E-state index contributed by atoms with van der Waals surface area (Å²) in [5.41, 5.74) is -2.85. The Hall–Kier alpha value is -2.18. The van der Waals surface area contributed by atoms with Gasteiger partial charge in [0, 0.05) is 34.0 Å². The molecule has 0 bridgehead atoms. The van der Waals surface area contributed by atoms with Crippen LogP contribution in [0.4, 0.5) is 18.9 Å². The summed E-state index contributed by atoms with van der Waals surface area (Å²) >= 11 is 10.5. The van der Waals surface area contributed by atoms with Gasteiger partial charge in [-0.15, -0.1) is 11.3 Å². The largest absolute Gasteiger partial charge is 0.446 e. The van der Waals surface area contributed by atoms with Crippen molar-refractivity contribution in [1.29, 1.82) is 0 Å².